The van der Waals surface area contributed by atoms with Gasteiger partial charge in [-0.15, -0.1) is 0 Å². The number of amides is 1. The molecule has 0 radical (unpaired) electrons. The molecule has 0 bridgehead atoms. The lowest BCUT2D eigenvalue weighted by atomic mass is 9.86. The summed E-state index contributed by atoms with van der Waals surface area (Å²) in [7, 11) is 3.25. The van der Waals surface area contributed by atoms with E-state index in [1.807, 2.05) is 72.5 Å². The maximum absolute atomic E-state index is 13.5. The molecule has 0 saturated carbocycles. The van der Waals surface area contributed by atoms with E-state index in [1.54, 1.807) is 14.2 Å². The van der Waals surface area contributed by atoms with Crippen LogP contribution in [-0.4, -0.2) is 26.2 Å². The SMILES string of the molecule is CC[C@@H](C)Oc1cc2c(cc1OC)CC(=O)N(c1ccc(OC)cc1)[C@@H]2c1ccc(Cl)cc1. The third kappa shape index (κ3) is 4.64. The van der Waals surface area contributed by atoms with E-state index in [9.17, 15) is 4.79 Å². The predicted octanol–water partition coefficient (Wildman–Crippen LogP) is 6.21. The van der Waals surface area contributed by atoms with Crippen molar-refractivity contribution in [2.75, 3.05) is 19.1 Å². The minimum Gasteiger partial charge on any atom is -0.497 e. The first-order valence-corrected chi connectivity index (χ1v) is 11.4. The number of rotatable bonds is 7. The summed E-state index contributed by atoms with van der Waals surface area (Å²) in [5.74, 6) is 2.05. The number of halogens is 1. The van der Waals surface area contributed by atoms with Gasteiger partial charge in [0.15, 0.2) is 11.5 Å². The van der Waals surface area contributed by atoms with Crippen molar-refractivity contribution in [3.05, 3.63) is 82.4 Å². The third-order valence-electron chi connectivity index (χ3n) is 6.03. The predicted molar refractivity (Wildman–Crippen MR) is 131 cm³/mol. The van der Waals surface area contributed by atoms with Gasteiger partial charge in [0, 0.05) is 10.7 Å². The Hall–Kier alpha value is -3.18. The van der Waals surface area contributed by atoms with E-state index < -0.39 is 0 Å². The molecule has 0 spiro atoms. The molecule has 3 aromatic carbocycles. The molecule has 0 saturated heterocycles. The van der Waals surface area contributed by atoms with Crippen LogP contribution in [0.25, 0.3) is 0 Å². The second-order valence-electron chi connectivity index (χ2n) is 8.13. The van der Waals surface area contributed by atoms with Gasteiger partial charge in [-0.1, -0.05) is 30.7 Å². The van der Waals surface area contributed by atoms with E-state index in [-0.39, 0.29) is 24.5 Å². The van der Waals surface area contributed by atoms with Crippen LogP contribution >= 0.6 is 11.6 Å². The minimum absolute atomic E-state index is 0.00487. The number of ether oxygens (including phenoxy) is 3. The summed E-state index contributed by atoms with van der Waals surface area (Å²) >= 11 is 6.17. The molecule has 4 rings (SSSR count). The largest absolute Gasteiger partial charge is 0.497 e. The topological polar surface area (TPSA) is 48.0 Å². The lowest BCUT2D eigenvalue weighted by molar-refractivity contribution is -0.118. The zero-order valence-corrected chi connectivity index (χ0v) is 20.1. The summed E-state index contributed by atoms with van der Waals surface area (Å²) < 4.78 is 17.1. The van der Waals surface area contributed by atoms with Gasteiger partial charge in [0.2, 0.25) is 5.91 Å². The van der Waals surface area contributed by atoms with Gasteiger partial charge in [-0.2, -0.15) is 0 Å². The Labute approximate surface area is 199 Å². The van der Waals surface area contributed by atoms with Crippen molar-refractivity contribution in [3.8, 4) is 17.2 Å². The van der Waals surface area contributed by atoms with E-state index in [4.69, 9.17) is 25.8 Å². The molecule has 33 heavy (non-hydrogen) atoms. The first-order valence-electron chi connectivity index (χ1n) is 11.0. The number of fused-ring (bicyclic) bond motifs is 1. The average Bonchev–Trinajstić information content (AvgIpc) is 2.83. The first kappa shape index (κ1) is 23.0. The molecular formula is C27H28ClNO4. The number of hydrogen-bond acceptors (Lipinski definition) is 4. The van der Waals surface area contributed by atoms with Gasteiger partial charge in [-0.05, 0) is 78.6 Å². The Balaban J connectivity index is 1.89. The van der Waals surface area contributed by atoms with Crippen LogP contribution in [0.3, 0.4) is 0 Å². The maximum atomic E-state index is 13.5. The lowest BCUT2D eigenvalue weighted by Crippen LogP contribution is -2.41. The highest BCUT2D eigenvalue weighted by Crippen LogP contribution is 2.44. The molecule has 6 heteroatoms. The zero-order valence-electron chi connectivity index (χ0n) is 19.3. The molecule has 1 amide bonds. The standard InChI is InChI=1S/C27H28ClNO4/c1-5-17(2)33-25-16-23-19(14-24(25)32-4)15-26(30)29(21-10-12-22(31-3)13-11-21)27(23)18-6-8-20(28)9-7-18/h6-14,16-17,27H,5,15H2,1-4H3/t17-,27-/m1/s1. The molecule has 1 heterocycles. The van der Waals surface area contributed by atoms with E-state index in [0.717, 1.165) is 34.5 Å². The van der Waals surface area contributed by atoms with Crippen LogP contribution in [0.1, 0.15) is 43.0 Å². The molecule has 0 unspecified atom stereocenters. The molecule has 1 aliphatic rings. The van der Waals surface area contributed by atoms with Crippen LogP contribution in [0.15, 0.2) is 60.7 Å². The number of anilines is 1. The Morgan fingerprint density at radius 3 is 2.30 bits per heavy atom. The summed E-state index contributed by atoms with van der Waals surface area (Å²) in [6.07, 6.45) is 1.18. The molecular weight excluding hydrogens is 438 g/mol. The summed E-state index contributed by atoms with van der Waals surface area (Å²) in [6.45, 7) is 4.11. The third-order valence-corrected chi connectivity index (χ3v) is 6.28. The summed E-state index contributed by atoms with van der Waals surface area (Å²) in [4.78, 5) is 15.3. The molecule has 0 aromatic heterocycles. The lowest BCUT2D eigenvalue weighted by Gasteiger charge is -2.38. The van der Waals surface area contributed by atoms with Crippen molar-refractivity contribution in [2.45, 2.75) is 38.8 Å². The van der Waals surface area contributed by atoms with Crippen molar-refractivity contribution >= 4 is 23.2 Å². The number of nitrogens with zero attached hydrogens (tertiary/aromatic N) is 1. The van der Waals surface area contributed by atoms with Crippen LogP contribution in [0.5, 0.6) is 17.2 Å². The highest BCUT2D eigenvalue weighted by atomic mass is 35.5. The summed E-state index contributed by atoms with van der Waals surface area (Å²) in [5.41, 5.74) is 3.70. The number of methoxy groups -OCH3 is 2. The minimum atomic E-state index is -0.336. The number of hydrogen-bond donors (Lipinski definition) is 0. The number of benzene rings is 3. The average molecular weight is 466 g/mol. The van der Waals surface area contributed by atoms with Crippen molar-refractivity contribution < 1.29 is 19.0 Å². The van der Waals surface area contributed by atoms with E-state index >= 15 is 0 Å². The fourth-order valence-corrected chi connectivity index (χ4v) is 4.24. The van der Waals surface area contributed by atoms with Crippen molar-refractivity contribution in [1.29, 1.82) is 0 Å². The number of carbonyl (C=O) groups excluding carboxylic acids is 1. The molecule has 0 N–H and O–H groups in total. The molecule has 172 valence electrons. The van der Waals surface area contributed by atoms with Gasteiger partial charge in [0.05, 0.1) is 32.8 Å². The summed E-state index contributed by atoms with van der Waals surface area (Å²) in [5, 5.41) is 0.646. The smallest absolute Gasteiger partial charge is 0.232 e. The van der Waals surface area contributed by atoms with Crippen LogP contribution in [0, 0.1) is 0 Å². The van der Waals surface area contributed by atoms with Crippen molar-refractivity contribution in [1.82, 2.24) is 0 Å². The molecule has 1 aliphatic heterocycles. The van der Waals surface area contributed by atoms with Crippen LogP contribution < -0.4 is 19.1 Å². The molecule has 0 fully saturated rings. The Bertz CT molecular complexity index is 1130. The molecule has 0 aliphatic carbocycles. The number of carbonyl (C=O) groups is 1. The molecule has 2 atom stereocenters. The second-order valence-corrected chi connectivity index (χ2v) is 8.57. The highest BCUT2D eigenvalue weighted by Gasteiger charge is 2.36. The first-order chi connectivity index (χ1) is 15.9. The van der Waals surface area contributed by atoms with Crippen LogP contribution in [-0.2, 0) is 11.2 Å². The van der Waals surface area contributed by atoms with E-state index in [0.29, 0.717) is 16.5 Å². The maximum Gasteiger partial charge on any atom is 0.232 e. The van der Waals surface area contributed by atoms with Crippen molar-refractivity contribution in [2.24, 2.45) is 0 Å². The van der Waals surface area contributed by atoms with E-state index in [1.165, 1.54) is 0 Å². The normalized spacial score (nSPS) is 16.2. The van der Waals surface area contributed by atoms with Crippen LogP contribution in [0.4, 0.5) is 5.69 Å². The second kappa shape index (κ2) is 9.75. The van der Waals surface area contributed by atoms with Gasteiger partial charge >= 0.3 is 0 Å². The Kier molecular flexibility index (Phi) is 6.80. The van der Waals surface area contributed by atoms with Crippen LogP contribution in [0.2, 0.25) is 5.02 Å². The Morgan fingerprint density at radius 2 is 1.70 bits per heavy atom. The quantitative estimate of drug-likeness (QED) is 0.416. The molecule has 3 aromatic rings. The van der Waals surface area contributed by atoms with Gasteiger partial charge in [0.25, 0.3) is 0 Å². The van der Waals surface area contributed by atoms with Gasteiger partial charge in [0.1, 0.15) is 5.75 Å². The Morgan fingerprint density at radius 1 is 1.00 bits per heavy atom. The molecule has 5 nitrogen and oxygen atoms in total. The van der Waals surface area contributed by atoms with Gasteiger partial charge < -0.3 is 19.1 Å². The fourth-order valence-electron chi connectivity index (χ4n) is 4.12. The van der Waals surface area contributed by atoms with E-state index in [2.05, 4.69) is 6.92 Å². The highest BCUT2D eigenvalue weighted by molar-refractivity contribution is 6.30. The van der Waals surface area contributed by atoms with Gasteiger partial charge in [-0.3, -0.25) is 4.79 Å². The van der Waals surface area contributed by atoms with Gasteiger partial charge in [-0.25, -0.2) is 0 Å². The van der Waals surface area contributed by atoms with Crippen molar-refractivity contribution in [3.63, 3.8) is 0 Å². The zero-order chi connectivity index (χ0) is 23.5. The fraction of sp³-hybridized carbons (Fsp3) is 0.296. The summed E-state index contributed by atoms with van der Waals surface area (Å²) in [6, 6.07) is 18.8. The monoisotopic (exact) mass is 465 g/mol.